The number of rotatable bonds is 8. The van der Waals surface area contributed by atoms with E-state index >= 15 is 0 Å². The molecule has 0 aromatic heterocycles. The number of sulfonamides is 2. The Bertz CT molecular complexity index is 1120. The summed E-state index contributed by atoms with van der Waals surface area (Å²) in [5.74, 6) is -0.392. The van der Waals surface area contributed by atoms with Crippen LogP contribution in [0.25, 0.3) is 0 Å². The minimum absolute atomic E-state index is 0.0120. The van der Waals surface area contributed by atoms with Crippen LogP contribution in [-0.2, 0) is 31.3 Å². The summed E-state index contributed by atoms with van der Waals surface area (Å²) in [6.07, 6.45) is 3.08. The third kappa shape index (κ3) is 5.04. The van der Waals surface area contributed by atoms with Gasteiger partial charge in [-0.3, -0.25) is 0 Å². The molecular formula is C22H27FN2O5S2. The molecule has 0 aliphatic carbocycles. The zero-order valence-electron chi connectivity index (χ0n) is 17.7. The number of halogens is 1. The van der Waals surface area contributed by atoms with Gasteiger partial charge in [-0.05, 0) is 67.6 Å². The maximum absolute atomic E-state index is 13.4. The second kappa shape index (κ2) is 9.56. The van der Waals surface area contributed by atoms with E-state index in [-0.39, 0.29) is 29.0 Å². The van der Waals surface area contributed by atoms with Gasteiger partial charge < -0.3 is 4.74 Å². The third-order valence-corrected chi connectivity index (χ3v) is 9.61. The molecule has 10 heteroatoms. The molecule has 0 unspecified atom stereocenters. The summed E-state index contributed by atoms with van der Waals surface area (Å²) in [7, 11) is -7.55. The highest BCUT2D eigenvalue weighted by Gasteiger charge is 2.31. The number of nitrogens with zero attached hydrogens (tertiary/aromatic N) is 2. The molecule has 2 aliphatic heterocycles. The van der Waals surface area contributed by atoms with Crippen LogP contribution < -0.4 is 0 Å². The summed E-state index contributed by atoms with van der Waals surface area (Å²) < 4.78 is 74.1. The van der Waals surface area contributed by atoms with Crippen LogP contribution in [0.15, 0.2) is 58.3 Å². The monoisotopic (exact) mass is 482 g/mol. The zero-order valence-corrected chi connectivity index (χ0v) is 19.3. The van der Waals surface area contributed by atoms with Crippen molar-refractivity contribution in [2.45, 2.75) is 48.1 Å². The van der Waals surface area contributed by atoms with Crippen molar-refractivity contribution in [3.05, 3.63) is 59.9 Å². The van der Waals surface area contributed by atoms with Crippen LogP contribution in [0, 0.1) is 5.82 Å². The van der Waals surface area contributed by atoms with Crippen molar-refractivity contribution in [1.29, 1.82) is 0 Å². The van der Waals surface area contributed by atoms with E-state index in [0.29, 0.717) is 25.3 Å². The fraction of sp³-hybridized carbons (Fsp3) is 0.455. The first-order valence-corrected chi connectivity index (χ1v) is 13.6. The molecule has 2 aromatic carbocycles. The van der Waals surface area contributed by atoms with Gasteiger partial charge >= 0.3 is 0 Å². The van der Waals surface area contributed by atoms with Gasteiger partial charge in [0.1, 0.15) is 5.82 Å². The van der Waals surface area contributed by atoms with Crippen molar-refractivity contribution in [1.82, 2.24) is 8.61 Å². The first-order chi connectivity index (χ1) is 15.3. The highest BCUT2D eigenvalue weighted by molar-refractivity contribution is 7.89. The second-order valence-corrected chi connectivity index (χ2v) is 12.0. The molecule has 0 spiro atoms. The molecule has 0 saturated carbocycles. The minimum Gasteiger partial charge on any atom is -0.377 e. The molecule has 2 fully saturated rings. The quantitative estimate of drug-likeness (QED) is 0.578. The van der Waals surface area contributed by atoms with E-state index in [9.17, 15) is 21.2 Å². The van der Waals surface area contributed by atoms with Crippen LogP contribution in [-0.4, -0.2) is 57.8 Å². The lowest BCUT2D eigenvalue weighted by atomic mass is 10.2. The summed E-state index contributed by atoms with van der Waals surface area (Å²) >= 11 is 0. The summed E-state index contributed by atoms with van der Waals surface area (Å²) in [6, 6.07) is 11.1. The molecule has 174 valence electrons. The Balaban J connectivity index is 1.59. The highest BCUT2D eigenvalue weighted by Crippen LogP contribution is 2.26. The summed E-state index contributed by atoms with van der Waals surface area (Å²) in [5, 5.41) is 0. The van der Waals surface area contributed by atoms with Crippen LogP contribution >= 0.6 is 0 Å². The van der Waals surface area contributed by atoms with E-state index in [0.717, 1.165) is 25.7 Å². The fourth-order valence-electron chi connectivity index (χ4n) is 4.07. The molecule has 2 aromatic rings. The molecule has 32 heavy (non-hydrogen) atoms. The lowest BCUT2D eigenvalue weighted by Gasteiger charge is -2.25. The second-order valence-electron chi connectivity index (χ2n) is 8.14. The highest BCUT2D eigenvalue weighted by atomic mass is 32.2. The number of benzene rings is 2. The minimum atomic E-state index is -3.93. The number of hydrogen-bond acceptors (Lipinski definition) is 5. The molecule has 2 aliphatic rings. The lowest BCUT2D eigenvalue weighted by molar-refractivity contribution is 0.0926. The normalized spacial score (nSPS) is 20.2. The maximum atomic E-state index is 13.4. The molecule has 4 rings (SSSR count). The van der Waals surface area contributed by atoms with Gasteiger partial charge in [-0.15, -0.1) is 0 Å². The lowest BCUT2D eigenvalue weighted by Crippen LogP contribution is -2.37. The molecule has 1 atom stereocenters. The van der Waals surface area contributed by atoms with Crippen LogP contribution in [0.5, 0.6) is 0 Å². The van der Waals surface area contributed by atoms with E-state index < -0.39 is 25.9 Å². The number of hydrogen-bond donors (Lipinski definition) is 0. The Morgan fingerprint density at radius 1 is 0.906 bits per heavy atom. The zero-order chi connectivity index (χ0) is 22.8. The Kier molecular flexibility index (Phi) is 6.97. The molecule has 2 heterocycles. The largest absolute Gasteiger partial charge is 0.377 e. The van der Waals surface area contributed by atoms with Gasteiger partial charge in [0.25, 0.3) is 0 Å². The standard InChI is InChI=1S/C22H27FN2O5S2/c23-19-7-5-18(6-8-19)16-25(17-20-4-3-15-30-20)32(28,29)22-11-9-21(10-12-22)31(26,27)24-13-1-2-14-24/h5-12,20H,1-4,13-17H2/t20-/m0/s1. The van der Waals surface area contributed by atoms with Gasteiger partial charge in [0, 0.05) is 32.8 Å². The van der Waals surface area contributed by atoms with E-state index in [1.165, 1.54) is 45.0 Å². The van der Waals surface area contributed by atoms with Crippen molar-refractivity contribution >= 4 is 20.0 Å². The summed E-state index contributed by atoms with van der Waals surface area (Å²) in [4.78, 5) is 0.0977. The van der Waals surface area contributed by atoms with E-state index in [4.69, 9.17) is 4.74 Å². The smallest absolute Gasteiger partial charge is 0.243 e. The molecule has 7 nitrogen and oxygen atoms in total. The Morgan fingerprint density at radius 3 is 2.12 bits per heavy atom. The van der Waals surface area contributed by atoms with Crippen LogP contribution in [0.1, 0.15) is 31.2 Å². The van der Waals surface area contributed by atoms with Gasteiger partial charge in [-0.1, -0.05) is 12.1 Å². The van der Waals surface area contributed by atoms with E-state index in [2.05, 4.69) is 0 Å². The van der Waals surface area contributed by atoms with Gasteiger partial charge in [0.2, 0.25) is 20.0 Å². The van der Waals surface area contributed by atoms with Crippen LogP contribution in [0.2, 0.25) is 0 Å². The van der Waals surface area contributed by atoms with Crippen LogP contribution in [0.3, 0.4) is 0 Å². The Hall–Kier alpha value is -1.85. The van der Waals surface area contributed by atoms with Gasteiger partial charge in [-0.25, -0.2) is 21.2 Å². The average Bonchev–Trinajstić information content (AvgIpc) is 3.49. The predicted molar refractivity (Wildman–Crippen MR) is 117 cm³/mol. The maximum Gasteiger partial charge on any atom is 0.243 e. The van der Waals surface area contributed by atoms with Crippen molar-refractivity contribution in [2.24, 2.45) is 0 Å². The first-order valence-electron chi connectivity index (χ1n) is 10.7. The van der Waals surface area contributed by atoms with E-state index in [1.54, 1.807) is 12.1 Å². The van der Waals surface area contributed by atoms with Gasteiger partial charge in [0.15, 0.2) is 0 Å². The average molecular weight is 483 g/mol. The van der Waals surface area contributed by atoms with Crippen molar-refractivity contribution in [3.8, 4) is 0 Å². The van der Waals surface area contributed by atoms with Crippen molar-refractivity contribution in [2.75, 3.05) is 26.2 Å². The Labute approximate surface area is 188 Å². The topological polar surface area (TPSA) is 84.0 Å². The molecule has 0 bridgehead atoms. The molecule has 2 saturated heterocycles. The van der Waals surface area contributed by atoms with Gasteiger partial charge in [0.05, 0.1) is 15.9 Å². The SMILES string of the molecule is O=S(=O)(c1ccc(S(=O)(=O)N(Cc2ccc(F)cc2)C[C@@H]2CCCO2)cc1)N1CCCC1. The van der Waals surface area contributed by atoms with Gasteiger partial charge in [-0.2, -0.15) is 8.61 Å². The van der Waals surface area contributed by atoms with Crippen molar-refractivity contribution in [3.63, 3.8) is 0 Å². The predicted octanol–water partition coefficient (Wildman–Crippen LogP) is 2.98. The first kappa shape index (κ1) is 23.3. The summed E-state index contributed by atoms with van der Waals surface area (Å²) in [5.41, 5.74) is 0.654. The fourth-order valence-corrected chi connectivity index (χ4v) is 7.04. The molecule has 0 N–H and O–H groups in total. The Morgan fingerprint density at radius 2 is 1.53 bits per heavy atom. The third-order valence-electron chi connectivity index (χ3n) is 5.87. The molecule has 0 amide bonds. The number of ether oxygens (including phenoxy) is 1. The van der Waals surface area contributed by atoms with Crippen molar-refractivity contribution < 1.29 is 26.0 Å². The summed E-state index contributed by atoms with van der Waals surface area (Å²) in [6.45, 7) is 1.80. The molecule has 0 radical (unpaired) electrons. The van der Waals surface area contributed by atoms with E-state index in [1.807, 2.05) is 0 Å². The van der Waals surface area contributed by atoms with Crippen LogP contribution in [0.4, 0.5) is 4.39 Å². The molecular weight excluding hydrogens is 455 g/mol.